The van der Waals surface area contributed by atoms with Gasteiger partial charge in [-0.05, 0) is 35.9 Å². The molecule has 2 aromatic rings. The summed E-state index contributed by atoms with van der Waals surface area (Å²) in [5.74, 6) is -0.181. The van der Waals surface area contributed by atoms with E-state index in [-0.39, 0.29) is 22.8 Å². The number of non-ortho nitro benzene ring substituents is 1. The SMILES string of the molecule is O=C1/C(=C\c2ccc([N+](=O)[O-])cc2)Oc2cccc(O)c21. The highest BCUT2D eigenvalue weighted by molar-refractivity contribution is 6.16. The molecule has 0 aromatic heterocycles. The zero-order valence-electron chi connectivity index (χ0n) is 10.6. The van der Waals surface area contributed by atoms with Gasteiger partial charge in [-0.15, -0.1) is 0 Å². The number of aromatic hydroxyl groups is 1. The van der Waals surface area contributed by atoms with Crippen molar-refractivity contribution in [1.82, 2.24) is 0 Å². The van der Waals surface area contributed by atoms with Crippen LogP contribution in [-0.2, 0) is 0 Å². The first kappa shape index (κ1) is 12.9. The molecule has 0 amide bonds. The van der Waals surface area contributed by atoms with Crippen LogP contribution in [0.3, 0.4) is 0 Å². The monoisotopic (exact) mass is 283 g/mol. The molecule has 0 saturated carbocycles. The number of nitrogens with zero attached hydrogens (tertiary/aromatic N) is 1. The minimum absolute atomic E-state index is 0.0308. The molecule has 21 heavy (non-hydrogen) atoms. The average Bonchev–Trinajstić information content (AvgIpc) is 2.77. The molecule has 1 aliphatic heterocycles. The summed E-state index contributed by atoms with van der Waals surface area (Å²) in [4.78, 5) is 22.2. The molecule has 0 unspecified atom stereocenters. The number of fused-ring (bicyclic) bond motifs is 1. The number of ketones is 1. The van der Waals surface area contributed by atoms with E-state index in [9.17, 15) is 20.0 Å². The lowest BCUT2D eigenvalue weighted by Crippen LogP contribution is -1.98. The van der Waals surface area contributed by atoms with Crippen molar-refractivity contribution < 1.29 is 19.6 Å². The largest absolute Gasteiger partial charge is 0.507 e. The van der Waals surface area contributed by atoms with E-state index in [0.717, 1.165) is 0 Å². The third-order valence-corrected chi connectivity index (χ3v) is 3.08. The number of carbonyl (C=O) groups excluding carboxylic acids is 1. The predicted molar refractivity (Wildman–Crippen MR) is 74.1 cm³/mol. The van der Waals surface area contributed by atoms with Gasteiger partial charge in [0, 0.05) is 12.1 Å². The maximum atomic E-state index is 12.1. The van der Waals surface area contributed by atoms with Gasteiger partial charge in [-0.2, -0.15) is 0 Å². The number of rotatable bonds is 2. The van der Waals surface area contributed by atoms with E-state index in [1.165, 1.54) is 36.4 Å². The molecule has 0 fully saturated rings. The molecule has 0 radical (unpaired) electrons. The van der Waals surface area contributed by atoms with E-state index in [2.05, 4.69) is 0 Å². The summed E-state index contributed by atoms with van der Waals surface area (Å²) in [5, 5.41) is 20.3. The fourth-order valence-electron chi connectivity index (χ4n) is 2.06. The number of ether oxygens (including phenoxy) is 1. The van der Waals surface area contributed by atoms with Gasteiger partial charge in [0.05, 0.1) is 4.92 Å². The minimum atomic E-state index is -0.498. The van der Waals surface area contributed by atoms with Gasteiger partial charge in [0.25, 0.3) is 5.69 Å². The molecule has 2 aromatic carbocycles. The molecule has 1 N–H and O–H groups in total. The molecule has 1 heterocycles. The van der Waals surface area contributed by atoms with E-state index in [1.807, 2.05) is 0 Å². The molecule has 0 bridgehead atoms. The fraction of sp³-hybridized carbons (Fsp3) is 0. The maximum absolute atomic E-state index is 12.1. The average molecular weight is 283 g/mol. The Kier molecular flexibility index (Phi) is 2.91. The van der Waals surface area contributed by atoms with Crippen LogP contribution in [0, 0.1) is 10.1 Å². The second-order valence-corrected chi connectivity index (χ2v) is 4.44. The topological polar surface area (TPSA) is 89.7 Å². The maximum Gasteiger partial charge on any atom is 0.269 e. The van der Waals surface area contributed by atoms with Crippen LogP contribution in [0.5, 0.6) is 11.5 Å². The first-order chi connectivity index (χ1) is 10.1. The normalized spacial score (nSPS) is 14.9. The van der Waals surface area contributed by atoms with Gasteiger partial charge in [0.1, 0.15) is 17.1 Å². The Labute approximate surface area is 119 Å². The summed E-state index contributed by atoms with van der Waals surface area (Å²) in [5.41, 5.74) is 0.693. The lowest BCUT2D eigenvalue weighted by Gasteiger charge is -1.98. The molecule has 0 atom stereocenters. The van der Waals surface area contributed by atoms with Crippen LogP contribution in [0.25, 0.3) is 6.08 Å². The molecule has 1 aliphatic rings. The number of hydrogen-bond donors (Lipinski definition) is 1. The summed E-state index contributed by atoms with van der Waals surface area (Å²) in [6.07, 6.45) is 1.48. The lowest BCUT2D eigenvalue weighted by molar-refractivity contribution is -0.384. The van der Waals surface area contributed by atoms with Gasteiger partial charge in [-0.1, -0.05) is 6.07 Å². The highest BCUT2D eigenvalue weighted by Gasteiger charge is 2.30. The summed E-state index contributed by atoms with van der Waals surface area (Å²) in [7, 11) is 0. The zero-order valence-corrected chi connectivity index (χ0v) is 10.6. The summed E-state index contributed by atoms with van der Waals surface area (Å²) >= 11 is 0. The van der Waals surface area contributed by atoms with Gasteiger partial charge in [-0.25, -0.2) is 0 Å². The van der Waals surface area contributed by atoms with Crippen LogP contribution in [-0.4, -0.2) is 15.8 Å². The van der Waals surface area contributed by atoms with Crippen molar-refractivity contribution in [3.05, 3.63) is 69.5 Å². The number of hydrogen-bond acceptors (Lipinski definition) is 5. The standard InChI is InChI=1S/C15H9NO5/c17-11-2-1-3-12-14(11)15(18)13(21-12)8-9-4-6-10(7-5-9)16(19)20/h1-8,17H/b13-8+. The number of Topliss-reactive ketones (excluding diaryl/α,β-unsaturated/α-hetero) is 1. The van der Waals surface area contributed by atoms with Crippen LogP contribution in [0.15, 0.2) is 48.2 Å². The molecule has 0 aliphatic carbocycles. The Bertz CT molecular complexity index is 777. The summed E-state index contributed by atoms with van der Waals surface area (Å²) in [6, 6.07) is 10.3. The van der Waals surface area contributed by atoms with E-state index >= 15 is 0 Å². The number of nitro groups is 1. The second-order valence-electron chi connectivity index (χ2n) is 4.44. The Morgan fingerprint density at radius 3 is 2.48 bits per heavy atom. The summed E-state index contributed by atoms with van der Waals surface area (Å²) in [6.45, 7) is 0. The van der Waals surface area contributed by atoms with Crippen LogP contribution in [0.1, 0.15) is 15.9 Å². The Morgan fingerprint density at radius 2 is 1.86 bits per heavy atom. The van der Waals surface area contributed by atoms with Crippen molar-refractivity contribution in [3.63, 3.8) is 0 Å². The fourth-order valence-corrected chi connectivity index (χ4v) is 2.06. The van der Waals surface area contributed by atoms with Crippen molar-refractivity contribution in [1.29, 1.82) is 0 Å². The predicted octanol–water partition coefficient (Wildman–Crippen LogP) is 2.92. The van der Waals surface area contributed by atoms with Crippen LogP contribution in [0.4, 0.5) is 5.69 Å². The molecule has 0 saturated heterocycles. The molecule has 6 heteroatoms. The number of carbonyl (C=O) groups is 1. The van der Waals surface area contributed by atoms with Gasteiger partial charge >= 0.3 is 0 Å². The van der Waals surface area contributed by atoms with Crippen LogP contribution >= 0.6 is 0 Å². The minimum Gasteiger partial charge on any atom is -0.507 e. The smallest absolute Gasteiger partial charge is 0.269 e. The van der Waals surface area contributed by atoms with Gasteiger partial charge in [0.15, 0.2) is 5.76 Å². The summed E-state index contributed by atoms with van der Waals surface area (Å²) < 4.78 is 5.40. The second kappa shape index (κ2) is 4.75. The van der Waals surface area contributed by atoms with E-state index in [0.29, 0.717) is 11.3 Å². The molecule has 104 valence electrons. The number of benzene rings is 2. The van der Waals surface area contributed by atoms with Gasteiger partial charge in [-0.3, -0.25) is 14.9 Å². The first-order valence-corrected chi connectivity index (χ1v) is 6.07. The highest BCUT2D eigenvalue weighted by atomic mass is 16.6. The lowest BCUT2D eigenvalue weighted by atomic mass is 10.1. The van der Waals surface area contributed by atoms with Gasteiger partial charge in [0.2, 0.25) is 5.78 Å². The highest BCUT2D eigenvalue weighted by Crippen LogP contribution is 2.37. The molecule has 0 spiro atoms. The first-order valence-electron chi connectivity index (χ1n) is 6.07. The van der Waals surface area contributed by atoms with Crippen LogP contribution in [0.2, 0.25) is 0 Å². The van der Waals surface area contributed by atoms with Crippen molar-refractivity contribution >= 4 is 17.5 Å². The van der Waals surface area contributed by atoms with Gasteiger partial charge < -0.3 is 9.84 Å². The Morgan fingerprint density at radius 1 is 1.14 bits per heavy atom. The number of nitro benzene ring substituents is 1. The van der Waals surface area contributed by atoms with E-state index in [4.69, 9.17) is 4.74 Å². The third kappa shape index (κ3) is 2.23. The Hall–Kier alpha value is -3.15. The molecular formula is C15H9NO5. The quantitative estimate of drug-likeness (QED) is 0.520. The van der Waals surface area contributed by atoms with Crippen molar-refractivity contribution in [2.75, 3.05) is 0 Å². The number of phenolic OH excluding ortho intramolecular Hbond substituents is 1. The van der Waals surface area contributed by atoms with E-state index in [1.54, 1.807) is 12.1 Å². The number of phenols is 1. The van der Waals surface area contributed by atoms with E-state index < -0.39 is 10.7 Å². The van der Waals surface area contributed by atoms with Crippen molar-refractivity contribution in [3.8, 4) is 11.5 Å². The molecule has 6 nitrogen and oxygen atoms in total. The van der Waals surface area contributed by atoms with Crippen LogP contribution < -0.4 is 4.74 Å². The molecule has 3 rings (SSSR count). The zero-order chi connectivity index (χ0) is 15.0. The Balaban J connectivity index is 1.94. The third-order valence-electron chi connectivity index (χ3n) is 3.08. The van der Waals surface area contributed by atoms with Crippen molar-refractivity contribution in [2.24, 2.45) is 0 Å². The molecular weight excluding hydrogens is 274 g/mol. The van der Waals surface area contributed by atoms with Crippen molar-refractivity contribution in [2.45, 2.75) is 0 Å². The number of allylic oxidation sites excluding steroid dienone is 1.